The molecule has 2 amide bonds. The van der Waals surface area contributed by atoms with Gasteiger partial charge in [-0.25, -0.2) is 0 Å². The highest BCUT2D eigenvalue weighted by Crippen LogP contribution is 2.31. The Labute approximate surface area is 189 Å². The van der Waals surface area contributed by atoms with Crippen LogP contribution in [0.1, 0.15) is 44.4 Å². The highest BCUT2D eigenvalue weighted by molar-refractivity contribution is 5.94. The average Bonchev–Trinajstić information content (AvgIpc) is 2.86. The van der Waals surface area contributed by atoms with E-state index in [1.807, 2.05) is 36.4 Å². The van der Waals surface area contributed by atoms with Crippen molar-refractivity contribution in [1.82, 2.24) is 15.5 Å². The van der Waals surface area contributed by atoms with Crippen molar-refractivity contribution in [3.63, 3.8) is 0 Å². The van der Waals surface area contributed by atoms with Crippen molar-refractivity contribution in [1.29, 1.82) is 0 Å². The summed E-state index contributed by atoms with van der Waals surface area (Å²) in [6, 6.07) is 13.8. The monoisotopic (exact) mass is 436 g/mol. The fourth-order valence-corrected chi connectivity index (χ4v) is 4.56. The number of benzene rings is 2. The van der Waals surface area contributed by atoms with Crippen LogP contribution in [0.25, 0.3) is 0 Å². The second-order valence-corrected chi connectivity index (χ2v) is 8.35. The normalized spacial score (nSPS) is 18.7. The van der Waals surface area contributed by atoms with Crippen molar-refractivity contribution in [2.24, 2.45) is 0 Å². The summed E-state index contributed by atoms with van der Waals surface area (Å²) in [4.78, 5) is 28.5. The minimum Gasteiger partial charge on any atom is -0.373 e. The Kier molecular flexibility index (Phi) is 7.07. The number of hydrogen-bond acceptors (Lipinski definition) is 5. The zero-order valence-corrected chi connectivity index (χ0v) is 18.9. The first-order valence-corrected chi connectivity index (χ1v) is 11.3. The number of fused-ring (bicyclic) bond motifs is 1. The van der Waals surface area contributed by atoms with E-state index in [1.54, 1.807) is 14.1 Å². The second kappa shape index (κ2) is 10.1. The summed E-state index contributed by atoms with van der Waals surface area (Å²) >= 11 is 0. The molecule has 0 aromatic heterocycles. The van der Waals surface area contributed by atoms with Gasteiger partial charge in [0.25, 0.3) is 11.8 Å². The smallest absolute Gasteiger partial charge is 0.251 e. The molecule has 2 aliphatic heterocycles. The molecule has 0 radical (unpaired) electrons. The molecule has 2 aromatic carbocycles. The molecule has 0 aliphatic carbocycles. The summed E-state index contributed by atoms with van der Waals surface area (Å²) in [6.07, 6.45) is 1.90. The van der Waals surface area contributed by atoms with Gasteiger partial charge in [0.1, 0.15) is 0 Å². The molecule has 0 unspecified atom stereocenters. The number of carbonyl (C=O) groups excluding carboxylic acids is 2. The van der Waals surface area contributed by atoms with E-state index in [0.29, 0.717) is 17.7 Å². The Morgan fingerprint density at radius 1 is 0.938 bits per heavy atom. The van der Waals surface area contributed by atoms with Gasteiger partial charge in [0.15, 0.2) is 0 Å². The van der Waals surface area contributed by atoms with Crippen LogP contribution < -0.4 is 15.5 Å². The van der Waals surface area contributed by atoms with Crippen molar-refractivity contribution in [3.8, 4) is 0 Å². The van der Waals surface area contributed by atoms with Crippen LogP contribution in [0.2, 0.25) is 0 Å². The van der Waals surface area contributed by atoms with E-state index in [-0.39, 0.29) is 17.9 Å². The standard InChI is InChI=1S/C25H32N4O3/c1-26-24(30)18-3-6-21(7-4-18)29-14-12-28(13-15-29)11-9-23-22-8-5-20(25(31)27-2)17-19(22)10-16-32-23/h3-8,17,23H,9-16H2,1-2H3,(H,26,30)(H,27,31)/t23-/m0/s1. The molecule has 2 aromatic rings. The topological polar surface area (TPSA) is 73.9 Å². The first-order valence-electron chi connectivity index (χ1n) is 11.3. The van der Waals surface area contributed by atoms with Gasteiger partial charge >= 0.3 is 0 Å². The number of ether oxygens (including phenoxy) is 1. The summed E-state index contributed by atoms with van der Waals surface area (Å²) in [6.45, 7) is 5.64. The molecule has 170 valence electrons. The van der Waals surface area contributed by atoms with Crippen LogP contribution >= 0.6 is 0 Å². The van der Waals surface area contributed by atoms with E-state index in [1.165, 1.54) is 11.1 Å². The molecule has 0 saturated carbocycles. The lowest BCUT2D eigenvalue weighted by molar-refractivity contribution is 0.0288. The van der Waals surface area contributed by atoms with E-state index >= 15 is 0 Å². The van der Waals surface area contributed by atoms with Crippen LogP contribution in [0, 0.1) is 0 Å². The third-order valence-electron chi connectivity index (χ3n) is 6.47. The fourth-order valence-electron chi connectivity index (χ4n) is 4.56. The summed E-state index contributed by atoms with van der Waals surface area (Å²) in [5.41, 5.74) is 5.01. The van der Waals surface area contributed by atoms with Gasteiger partial charge in [-0.05, 0) is 60.4 Å². The van der Waals surface area contributed by atoms with Gasteiger partial charge < -0.3 is 20.3 Å². The second-order valence-electron chi connectivity index (χ2n) is 8.35. The van der Waals surface area contributed by atoms with Gasteiger partial charge in [0, 0.05) is 63.6 Å². The van der Waals surface area contributed by atoms with Crippen LogP contribution in [0.4, 0.5) is 5.69 Å². The van der Waals surface area contributed by atoms with Gasteiger partial charge in [0.2, 0.25) is 0 Å². The minimum atomic E-state index is -0.0577. The highest BCUT2D eigenvalue weighted by Gasteiger charge is 2.24. The van der Waals surface area contributed by atoms with E-state index in [9.17, 15) is 9.59 Å². The van der Waals surface area contributed by atoms with Crippen LogP contribution in [-0.4, -0.2) is 70.1 Å². The van der Waals surface area contributed by atoms with E-state index in [2.05, 4.69) is 26.5 Å². The zero-order chi connectivity index (χ0) is 22.5. The Hall–Kier alpha value is -2.90. The van der Waals surface area contributed by atoms with Crippen molar-refractivity contribution in [2.75, 3.05) is 58.3 Å². The van der Waals surface area contributed by atoms with Crippen molar-refractivity contribution >= 4 is 17.5 Å². The maximum atomic E-state index is 11.9. The van der Waals surface area contributed by atoms with Crippen LogP contribution in [0.15, 0.2) is 42.5 Å². The largest absolute Gasteiger partial charge is 0.373 e. The van der Waals surface area contributed by atoms with Gasteiger partial charge in [-0.2, -0.15) is 0 Å². The summed E-state index contributed by atoms with van der Waals surface area (Å²) < 4.78 is 6.08. The Bertz CT molecular complexity index is 952. The molecule has 32 heavy (non-hydrogen) atoms. The molecule has 0 bridgehead atoms. The summed E-state index contributed by atoms with van der Waals surface area (Å²) in [7, 11) is 3.31. The third kappa shape index (κ3) is 4.95. The Morgan fingerprint density at radius 3 is 2.28 bits per heavy atom. The molecular weight excluding hydrogens is 404 g/mol. The lowest BCUT2D eigenvalue weighted by Gasteiger charge is -2.37. The number of nitrogens with zero attached hydrogens (tertiary/aromatic N) is 2. The Balaban J connectivity index is 1.29. The van der Waals surface area contributed by atoms with Gasteiger partial charge in [-0.1, -0.05) is 6.07 Å². The number of amides is 2. The lowest BCUT2D eigenvalue weighted by Crippen LogP contribution is -2.47. The van der Waals surface area contributed by atoms with Crippen LogP contribution in [0.5, 0.6) is 0 Å². The number of piperazine rings is 1. The number of anilines is 1. The molecule has 1 saturated heterocycles. The minimum absolute atomic E-state index is 0.0445. The molecule has 1 atom stereocenters. The highest BCUT2D eigenvalue weighted by atomic mass is 16.5. The zero-order valence-electron chi connectivity index (χ0n) is 18.9. The molecule has 2 N–H and O–H groups in total. The molecule has 7 heteroatoms. The van der Waals surface area contributed by atoms with E-state index in [4.69, 9.17) is 4.74 Å². The predicted octanol–water partition coefficient (Wildman–Crippen LogP) is 2.23. The van der Waals surface area contributed by atoms with E-state index in [0.717, 1.165) is 51.3 Å². The van der Waals surface area contributed by atoms with Gasteiger partial charge in [-0.3, -0.25) is 14.5 Å². The maximum Gasteiger partial charge on any atom is 0.251 e. The summed E-state index contributed by atoms with van der Waals surface area (Å²) in [5.74, 6) is -0.102. The predicted molar refractivity (Wildman–Crippen MR) is 125 cm³/mol. The number of rotatable bonds is 6. The molecule has 4 rings (SSSR count). The van der Waals surface area contributed by atoms with Crippen LogP contribution in [-0.2, 0) is 11.2 Å². The fraction of sp³-hybridized carbons (Fsp3) is 0.440. The molecule has 2 aliphatic rings. The van der Waals surface area contributed by atoms with Gasteiger partial charge in [-0.15, -0.1) is 0 Å². The van der Waals surface area contributed by atoms with E-state index < -0.39 is 0 Å². The van der Waals surface area contributed by atoms with Crippen LogP contribution in [0.3, 0.4) is 0 Å². The Morgan fingerprint density at radius 2 is 1.59 bits per heavy atom. The molecule has 0 spiro atoms. The SMILES string of the molecule is CNC(=O)c1ccc(N2CCN(CC[C@@H]3OCCc4cc(C(=O)NC)ccc43)CC2)cc1. The number of carbonyl (C=O) groups is 2. The molecule has 2 heterocycles. The van der Waals surface area contributed by atoms with Crippen molar-refractivity contribution in [2.45, 2.75) is 18.9 Å². The quantitative estimate of drug-likeness (QED) is 0.727. The first kappa shape index (κ1) is 22.3. The molecule has 1 fully saturated rings. The first-order chi connectivity index (χ1) is 15.6. The van der Waals surface area contributed by atoms with Crippen molar-refractivity contribution < 1.29 is 14.3 Å². The van der Waals surface area contributed by atoms with Gasteiger partial charge in [0.05, 0.1) is 12.7 Å². The molecule has 7 nitrogen and oxygen atoms in total. The third-order valence-corrected chi connectivity index (χ3v) is 6.47. The lowest BCUT2D eigenvalue weighted by atomic mass is 9.93. The number of nitrogens with one attached hydrogen (secondary N) is 2. The molecular formula is C25H32N4O3. The van der Waals surface area contributed by atoms with Crippen molar-refractivity contribution in [3.05, 3.63) is 64.7 Å². The summed E-state index contributed by atoms with van der Waals surface area (Å²) in [5, 5.41) is 5.35. The average molecular weight is 437 g/mol. The maximum absolute atomic E-state index is 11.9. The number of hydrogen-bond donors (Lipinski definition) is 2.